The Hall–Kier alpha value is -2.10. The van der Waals surface area contributed by atoms with Crippen molar-refractivity contribution in [1.29, 1.82) is 0 Å². The Labute approximate surface area is 154 Å². The number of amides is 2. The number of hydrogen-bond acceptors (Lipinski definition) is 2. The largest absolute Gasteiger partial charge is 0.338 e. The fraction of sp³-hybridized carbons (Fsp3) is 0.545. The summed E-state index contributed by atoms with van der Waals surface area (Å²) in [5, 5.41) is 0. The van der Waals surface area contributed by atoms with Crippen LogP contribution in [0.15, 0.2) is 46.6 Å². The van der Waals surface area contributed by atoms with Crippen molar-refractivity contribution in [3.63, 3.8) is 0 Å². The van der Waals surface area contributed by atoms with Crippen molar-refractivity contribution < 1.29 is 9.59 Å². The summed E-state index contributed by atoms with van der Waals surface area (Å²) >= 11 is 0. The van der Waals surface area contributed by atoms with Gasteiger partial charge < -0.3 is 9.80 Å². The van der Waals surface area contributed by atoms with Gasteiger partial charge in [-0.05, 0) is 37.8 Å². The first-order valence-electron chi connectivity index (χ1n) is 9.69. The van der Waals surface area contributed by atoms with Crippen molar-refractivity contribution in [1.82, 2.24) is 9.80 Å². The molecule has 0 radical (unpaired) electrons. The highest BCUT2D eigenvalue weighted by Gasteiger charge is 2.56. The lowest BCUT2D eigenvalue weighted by Crippen LogP contribution is -2.57. The van der Waals surface area contributed by atoms with E-state index in [9.17, 15) is 9.59 Å². The molecule has 0 N–H and O–H groups in total. The maximum Gasteiger partial charge on any atom is 0.230 e. The summed E-state index contributed by atoms with van der Waals surface area (Å²) in [7, 11) is 3.84. The predicted octanol–water partition coefficient (Wildman–Crippen LogP) is 2.70. The molecule has 4 aliphatic heterocycles. The van der Waals surface area contributed by atoms with Gasteiger partial charge in [0.05, 0.1) is 23.9 Å². The van der Waals surface area contributed by atoms with Gasteiger partial charge in [0.25, 0.3) is 0 Å². The summed E-state index contributed by atoms with van der Waals surface area (Å²) in [5.74, 6) is 0.427. The first-order chi connectivity index (χ1) is 12.4. The Bertz CT molecular complexity index is 776. The Balaban J connectivity index is 1.70. The molecule has 4 heteroatoms. The third-order valence-electron chi connectivity index (χ3n) is 7.41. The number of carbonyl (C=O) groups is 2. The van der Waals surface area contributed by atoms with Crippen LogP contribution in [0.5, 0.6) is 0 Å². The zero-order valence-corrected chi connectivity index (χ0v) is 15.9. The fourth-order valence-electron chi connectivity index (χ4n) is 5.98. The van der Waals surface area contributed by atoms with Crippen LogP contribution in [0.2, 0.25) is 0 Å². The lowest BCUT2D eigenvalue weighted by atomic mass is 9.51. The zero-order valence-electron chi connectivity index (χ0n) is 15.9. The van der Waals surface area contributed by atoms with E-state index in [0.29, 0.717) is 0 Å². The Morgan fingerprint density at radius 2 is 1.12 bits per heavy atom. The van der Waals surface area contributed by atoms with E-state index in [0.717, 1.165) is 12.8 Å². The molecular weight excluding hydrogens is 324 g/mol. The molecule has 0 spiro atoms. The second-order valence-electron chi connectivity index (χ2n) is 8.70. The van der Waals surface area contributed by atoms with Crippen molar-refractivity contribution in [2.75, 3.05) is 14.1 Å². The number of nitrogens with zero attached hydrogens (tertiary/aromatic N) is 2. The maximum atomic E-state index is 13.0. The average molecular weight is 350 g/mol. The van der Waals surface area contributed by atoms with Gasteiger partial charge in [0, 0.05) is 25.9 Å². The molecule has 3 aliphatic carbocycles. The highest BCUT2D eigenvalue weighted by Crippen LogP contribution is 2.59. The van der Waals surface area contributed by atoms with Crippen LogP contribution in [0, 0.1) is 23.7 Å². The van der Waals surface area contributed by atoms with Gasteiger partial charge in [-0.3, -0.25) is 9.59 Å². The number of fused-ring (bicyclic) bond motifs is 4. The molecule has 0 aromatic rings. The molecule has 2 amide bonds. The molecule has 7 rings (SSSR count). The van der Waals surface area contributed by atoms with E-state index in [4.69, 9.17) is 0 Å². The molecule has 7 aliphatic rings. The summed E-state index contributed by atoms with van der Waals surface area (Å²) in [6.07, 6.45) is 10.4. The predicted molar refractivity (Wildman–Crippen MR) is 100.0 cm³/mol. The number of likely N-dealkylation sites (N-methyl/N-ethyl adjacent to an activating group) is 2. The van der Waals surface area contributed by atoms with Gasteiger partial charge in [0.2, 0.25) is 11.8 Å². The molecule has 4 nitrogen and oxygen atoms in total. The molecule has 0 saturated heterocycles. The molecule has 0 aromatic heterocycles. The lowest BCUT2D eigenvalue weighted by Gasteiger charge is -2.56. The van der Waals surface area contributed by atoms with Crippen LogP contribution in [0.25, 0.3) is 0 Å². The first kappa shape index (κ1) is 16.1. The molecule has 0 aromatic carbocycles. The van der Waals surface area contributed by atoms with Gasteiger partial charge >= 0.3 is 0 Å². The molecule has 136 valence electrons. The Morgan fingerprint density at radius 1 is 0.731 bits per heavy atom. The molecular formula is C22H26N2O2. The van der Waals surface area contributed by atoms with E-state index in [1.165, 1.54) is 22.3 Å². The lowest BCUT2D eigenvalue weighted by molar-refractivity contribution is -0.141. The van der Waals surface area contributed by atoms with Gasteiger partial charge in [-0.25, -0.2) is 0 Å². The maximum absolute atomic E-state index is 13.0. The SMILES string of the molecule is C/C1=C2\C3=C(/C)CC4C=CC(C(=O)N4C)C3C2C2C=CC(C1)N(C)C2=O. The van der Waals surface area contributed by atoms with Crippen LogP contribution >= 0.6 is 0 Å². The molecule has 6 atom stereocenters. The Morgan fingerprint density at radius 3 is 1.50 bits per heavy atom. The van der Waals surface area contributed by atoms with Crippen LogP contribution in [-0.2, 0) is 9.59 Å². The van der Waals surface area contributed by atoms with E-state index < -0.39 is 0 Å². The van der Waals surface area contributed by atoms with Crippen molar-refractivity contribution in [2.24, 2.45) is 23.7 Å². The minimum Gasteiger partial charge on any atom is -0.338 e. The van der Waals surface area contributed by atoms with E-state index in [2.05, 4.69) is 38.2 Å². The van der Waals surface area contributed by atoms with E-state index in [1.807, 2.05) is 23.9 Å². The van der Waals surface area contributed by atoms with Crippen LogP contribution in [-0.4, -0.2) is 47.8 Å². The number of carbonyl (C=O) groups excluding carboxylic acids is 2. The van der Waals surface area contributed by atoms with Gasteiger partial charge in [-0.1, -0.05) is 35.5 Å². The van der Waals surface area contributed by atoms with Crippen molar-refractivity contribution >= 4 is 11.8 Å². The molecule has 4 bridgehead atoms. The van der Waals surface area contributed by atoms with Gasteiger partial charge in [-0.2, -0.15) is 0 Å². The molecule has 1 fully saturated rings. The summed E-state index contributed by atoms with van der Waals surface area (Å²) in [4.78, 5) is 29.9. The van der Waals surface area contributed by atoms with E-state index in [1.54, 1.807) is 0 Å². The van der Waals surface area contributed by atoms with Crippen LogP contribution in [0.4, 0.5) is 0 Å². The second kappa shape index (κ2) is 5.21. The van der Waals surface area contributed by atoms with Gasteiger partial charge in [-0.15, -0.1) is 0 Å². The molecule has 4 heterocycles. The smallest absolute Gasteiger partial charge is 0.230 e. The summed E-state index contributed by atoms with van der Waals surface area (Å²) in [6, 6.07) is 0.342. The number of allylic oxidation sites excluding steroid dienone is 2. The Kier molecular flexibility index (Phi) is 3.23. The summed E-state index contributed by atoms with van der Waals surface area (Å²) < 4.78 is 0. The van der Waals surface area contributed by atoms with Gasteiger partial charge in [0.1, 0.15) is 0 Å². The standard InChI is InChI=1S/C22H26N2O2/c1-11-9-13-5-7-15(21(25)23(13)3)19-17(11)18-12(2)10-14-6-8-16(20(18)19)22(26)24(14)4/h5-8,13-16,19-20H,9-10H2,1-4H3/b17-11-,18-12-. The van der Waals surface area contributed by atoms with Crippen molar-refractivity contribution in [2.45, 2.75) is 38.8 Å². The normalized spacial score (nSPS) is 46.5. The van der Waals surface area contributed by atoms with Gasteiger partial charge in [0.15, 0.2) is 0 Å². The van der Waals surface area contributed by atoms with Crippen LogP contribution < -0.4 is 0 Å². The number of rotatable bonds is 0. The summed E-state index contributed by atoms with van der Waals surface area (Å²) in [6.45, 7) is 4.46. The fourth-order valence-corrected chi connectivity index (χ4v) is 5.98. The average Bonchev–Trinajstić information content (AvgIpc) is 2.57. The van der Waals surface area contributed by atoms with Crippen molar-refractivity contribution in [3.05, 3.63) is 46.6 Å². The summed E-state index contributed by atoms with van der Waals surface area (Å²) in [5.41, 5.74) is 5.59. The molecule has 1 saturated carbocycles. The first-order valence-corrected chi connectivity index (χ1v) is 9.69. The van der Waals surface area contributed by atoms with Crippen LogP contribution in [0.3, 0.4) is 0 Å². The third-order valence-corrected chi connectivity index (χ3v) is 7.41. The zero-order chi connectivity index (χ0) is 18.3. The molecule has 6 unspecified atom stereocenters. The van der Waals surface area contributed by atoms with E-state index >= 15 is 0 Å². The molecule has 26 heavy (non-hydrogen) atoms. The monoisotopic (exact) mass is 350 g/mol. The highest BCUT2D eigenvalue weighted by atomic mass is 16.2. The highest BCUT2D eigenvalue weighted by molar-refractivity contribution is 5.88. The third kappa shape index (κ3) is 1.85. The minimum absolute atomic E-state index is 0.133. The second-order valence-corrected chi connectivity index (χ2v) is 8.70. The number of hydrogen-bond donors (Lipinski definition) is 0. The topological polar surface area (TPSA) is 40.6 Å². The minimum atomic E-state index is -0.133. The quantitative estimate of drug-likeness (QED) is 0.630. The van der Waals surface area contributed by atoms with Crippen molar-refractivity contribution in [3.8, 4) is 0 Å². The van der Waals surface area contributed by atoms with E-state index in [-0.39, 0.29) is 47.6 Å². The van der Waals surface area contributed by atoms with Crippen LogP contribution in [0.1, 0.15) is 26.7 Å².